The van der Waals surface area contributed by atoms with Crippen molar-refractivity contribution >= 4 is 5.91 Å². The van der Waals surface area contributed by atoms with Gasteiger partial charge in [-0.25, -0.2) is 0 Å². The maximum Gasteiger partial charge on any atom is 0.234 e. The van der Waals surface area contributed by atoms with Crippen molar-refractivity contribution in [2.75, 3.05) is 0 Å². The summed E-state index contributed by atoms with van der Waals surface area (Å²) in [6, 6.07) is 12.9. The molecule has 2 rings (SSSR count). The van der Waals surface area contributed by atoms with E-state index in [0.717, 1.165) is 22.3 Å². The Balaban J connectivity index is 2.11. The summed E-state index contributed by atoms with van der Waals surface area (Å²) < 4.78 is 0. The van der Waals surface area contributed by atoms with Gasteiger partial charge in [-0.05, 0) is 54.7 Å². The summed E-state index contributed by atoms with van der Waals surface area (Å²) >= 11 is 0. The molecular weight excluding hydrogens is 276 g/mol. The summed E-state index contributed by atoms with van der Waals surface area (Å²) in [4.78, 5) is 11.7. The molecule has 1 atom stereocenters. The van der Waals surface area contributed by atoms with Crippen LogP contribution in [0.4, 0.5) is 0 Å². The number of primary amides is 1. The number of nitrogens with two attached hydrogens (primary N) is 1. The predicted molar refractivity (Wildman–Crippen MR) is 87.5 cm³/mol. The van der Waals surface area contributed by atoms with Crippen LogP contribution in [0, 0.1) is 13.8 Å². The van der Waals surface area contributed by atoms with E-state index < -0.39 is 6.04 Å². The van der Waals surface area contributed by atoms with Crippen LogP contribution in [0.3, 0.4) is 0 Å². The number of rotatable bonds is 6. The highest BCUT2D eigenvalue weighted by molar-refractivity contribution is 5.80. The highest BCUT2D eigenvalue weighted by Crippen LogP contribution is 2.22. The van der Waals surface area contributed by atoms with Crippen LogP contribution in [0.15, 0.2) is 42.5 Å². The van der Waals surface area contributed by atoms with Gasteiger partial charge in [0.15, 0.2) is 0 Å². The third kappa shape index (κ3) is 4.09. The summed E-state index contributed by atoms with van der Waals surface area (Å²) in [5.41, 5.74) is 9.60. The van der Waals surface area contributed by atoms with E-state index in [1.54, 1.807) is 12.1 Å². The second-order valence-corrected chi connectivity index (χ2v) is 5.58. The van der Waals surface area contributed by atoms with E-state index in [4.69, 9.17) is 5.73 Å². The predicted octanol–water partition coefficient (Wildman–Crippen LogP) is 2.20. The Morgan fingerprint density at radius 3 is 2.32 bits per heavy atom. The van der Waals surface area contributed by atoms with E-state index in [2.05, 4.69) is 5.32 Å². The summed E-state index contributed by atoms with van der Waals surface area (Å²) in [5, 5.41) is 12.8. The molecule has 0 aliphatic carbocycles. The van der Waals surface area contributed by atoms with Crippen molar-refractivity contribution < 1.29 is 9.90 Å². The first-order valence-electron chi connectivity index (χ1n) is 7.33. The third-order valence-electron chi connectivity index (χ3n) is 3.83. The van der Waals surface area contributed by atoms with Crippen molar-refractivity contribution in [1.82, 2.24) is 5.32 Å². The number of hydrogen-bond acceptors (Lipinski definition) is 3. The lowest BCUT2D eigenvalue weighted by atomic mass is 9.95. The topological polar surface area (TPSA) is 75.3 Å². The first-order valence-corrected chi connectivity index (χ1v) is 7.33. The van der Waals surface area contributed by atoms with Gasteiger partial charge >= 0.3 is 0 Å². The Hall–Kier alpha value is -2.33. The largest absolute Gasteiger partial charge is 0.508 e. The molecule has 0 spiro atoms. The fourth-order valence-electron chi connectivity index (χ4n) is 2.61. The summed E-state index contributed by atoms with van der Waals surface area (Å²) in [6.07, 6.45) is 0.514. The first kappa shape index (κ1) is 16.0. The lowest BCUT2D eigenvalue weighted by Crippen LogP contribution is -2.42. The molecule has 0 heterocycles. The molecule has 0 unspecified atom stereocenters. The van der Waals surface area contributed by atoms with Gasteiger partial charge < -0.3 is 16.2 Å². The maximum absolute atomic E-state index is 11.7. The Labute approximate surface area is 131 Å². The molecule has 4 nitrogen and oxygen atoms in total. The zero-order chi connectivity index (χ0) is 16.1. The number of carbonyl (C=O) groups excluding carboxylic acids is 1. The van der Waals surface area contributed by atoms with Gasteiger partial charge in [0.05, 0.1) is 6.04 Å². The number of hydrogen-bond donors (Lipinski definition) is 3. The summed E-state index contributed by atoms with van der Waals surface area (Å²) in [5.74, 6) is -0.130. The van der Waals surface area contributed by atoms with Crippen molar-refractivity contribution in [2.45, 2.75) is 32.9 Å². The number of amides is 1. The van der Waals surface area contributed by atoms with E-state index in [1.165, 1.54) is 0 Å². The zero-order valence-electron chi connectivity index (χ0n) is 13.0. The van der Waals surface area contributed by atoms with Crippen molar-refractivity contribution in [3.05, 3.63) is 64.7 Å². The van der Waals surface area contributed by atoms with Gasteiger partial charge in [0, 0.05) is 6.54 Å². The average molecular weight is 298 g/mol. The SMILES string of the molecule is Cc1cc(O)cc(C)c1C[C@H](NCc1ccccc1)C(N)=O. The molecule has 0 aliphatic rings. The highest BCUT2D eigenvalue weighted by Gasteiger charge is 2.18. The van der Waals surface area contributed by atoms with Crippen LogP contribution in [0.5, 0.6) is 5.75 Å². The van der Waals surface area contributed by atoms with Gasteiger partial charge in [0.2, 0.25) is 5.91 Å². The third-order valence-corrected chi connectivity index (χ3v) is 3.83. The minimum Gasteiger partial charge on any atom is -0.508 e. The monoisotopic (exact) mass is 298 g/mol. The molecule has 22 heavy (non-hydrogen) atoms. The van der Waals surface area contributed by atoms with Crippen LogP contribution >= 0.6 is 0 Å². The Morgan fingerprint density at radius 2 is 1.77 bits per heavy atom. The highest BCUT2D eigenvalue weighted by atomic mass is 16.3. The Kier molecular flexibility index (Phi) is 5.17. The first-order chi connectivity index (χ1) is 10.5. The van der Waals surface area contributed by atoms with Gasteiger partial charge in [-0.3, -0.25) is 4.79 Å². The van der Waals surface area contributed by atoms with Crippen molar-refractivity contribution in [3.63, 3.8) is 0 Å². The molecule has 0 aromatic heterocycles. The summed E-state index contributed by atoms with van der Waals surface area (Å²) in [6.45, 7) is 4.44. The van der Waals surface area contributed by atoms with Crippen LogP contribution in [0.2, 0.25) is 0 Å². The van der Waals surface area contributed by atoms with Crippen LogP contribution < -0.4 is 11.1 Å². The molecule has 0 fully saturated rings. The number of aromatic hydroxyl groups is 1. The number of aryl methyl sites for hydroxylation is 2. The molecule has 116 valence electrons. The molecule has 0 saturated heterocycles. The van der Waals surface area contributed by atoms with Gasteiger partial charge in [-0.15, -0.1) is 0 Å². The molecule has 4 N–H and O–H groups in total. The maximum atomic E-state index is 11.7. The van der Waals surface area contributed by atoms with Crippen molar-refractivity contribution in [3.8, 4) is 5.75 Å². The van der Waals surface area contributed by atoms with Crippen LogP contribution in [0.1, 0.15) is 22.3 Å². The molecule has 2 aromatic rings. The molecule has 1 amide bonds. The van der Waals surface area contributed by atoms with Crippen molar-refractivity contribution in [1.29, 1.82) is 0 Å². The van der Waals surface area contributed by atoms with Gasteiger partial charge in [-0.2, -0.15) is 0 Å². The Bertz CT molecular complexity index is 630. The lowest BCUT2D eigenvalue weighted by Gasteiger charge is -2.18. The smallest absolute Gasteiger partial charge is 0.234 e. The van der Waals surface area contributed by atoms with E-state index >= 15 is 0 Å². The van der Waals surface area contributed by atoms with E-state index in [1.807, 2.05) is 44.2 Å². The Morgan fingerprint density at radius 1 is 1.18 bits per heavy atom. The minimum atomic E-state index is -0.442. The van der Waals surface area contributed by atoms with Gasteiger partial charge in [0.25, 0.3) is 0 Å². The quantitative estimate of drug-likeness (QED) is 0.765. The molecule has 0 bridgehead atoms. The van der Waals surface area contributed by atoms with Crippen LogP contribution in [0.25, 0.3) is 0 Å². The second kappa shape index (κ2) is 7.09. The van der Waals surface area contributed by atoms with E-state index in [9.17, 15) is 9.90 Å². The number of nitrogens with one attached hydrogen (secondary N) is 1. The lowest BCUT2D eigenvalue weighted by molar-refractivity contribution is -0.120. The average Bonchev–Trinajstić information content (AvgIpc) is 2.46. The van der Waals surface area contributed by atoms with Crippen LogP contribution in [-0.4, -0.2) is 17.1 Å². The van der Waals surface area contributed by atoms with Gasteiger partial charge in [0.1, 0.15) is 5.75 Å². The number of carbonyl (C=O) groups is 1. The van der Waals surface area contributed by atoms with Crippen LogP contribution in [-0.2, 0) is 17.8 Å². The zero-order valence-corrected chi connectivity index (χ0v) is 13.0. The van der Waals surface area contributed by atoms with E-state index in [-0.39, 0.29) is 11.7 Å². The van der Waals surface area contributed by atoms with E-state index in [0.29, 0.717) is 13.0 Å². The summed E-state index contributed by atoms with van der Waals surface area (Å²) in [7, 11) is 0. The molecular formula is C18H22N2O2. The second-order valence-electron chi connectivity index (χ2n) is 5.58. The standard InChI is InChI=1S/C18H22N2O2/c1-12-8-15(21)9-13(2)16(12)10-17(18(19)22)20-11-14-6-4-3-5-7-14/h3-9,17,20-21H,10-11H2,1-2H3,(H2,19,22)/t17-/m0/s1. The number of benzene rings is 2. The minimum absolute atomic E-state index is 0.242. The fourth-order valence-corrected chi connectivity index (χ4v) is 2.61. The molecule has 2 aromatic carbocycles. The normalized spacial score (nSPS) is 12.1. The van der Waals surface area contributed by atoms with Crippen molar-refractivity contribution in [2.24, 2.45) is 5.73 Å². The molecule has 0 radical (unpaired) electrons. The van der Waals surface area contributed by atoms with Gasteiger partial charge in [-0.1, -0.05) is 30.3 Å². The molecule has 0 saturated carbocycles. The molecule has 0 aliphatic heterocycles. The molecule has 4 heteroatoms. The number of phenolic OH excluding ortho intramolecular Hbond substituents is 1. The number of phenols is 1. The fraction of sp³-hybridized carbons (Fsp3) is 0.278.